The molecule has 0 saturated heterocycles. The third kappa shape index (κ3) is 9.41. The molecule has 0 bridgehead atoms. The summed E-state index contributed by atoms with van der Waals surface area (Å²) in [6, 6.07) is 11.9. The van der Waals surface area contributed by atoms with Gasteiger partial charge in [-0.15, -0.1) is 0 Å². The Balaban J connectivity index is 1.42. The number of carboxylic acids is 1. The Morgan fingerprint density at radius 1 is 1.14 bits per heavy atom. The molecular weight excluding hydrogens is 470 g/mol. The number of benzene rings is 1. The van der Waals surface area contributed by atoms with E-state index in [4.69, 9.17) is 4.74 Å². The van der Waals surface area contributed by atoms with Gasteiger partial charge in [-0.3, -0.25) is 4.90 Å². The van der Waals surface area contributed by atoms with Gasteiger partial charge in [0.25, 0.3) is 6.43 Å². The second-order valence-electron chi connectivity index (χ2n) is 8.88. The van der Waals surface area contributed by atoms with Gasteiger partial charge in [-0.05, 0) is 62.3 Å². The van der Waals surface area contributed by atoms with Crippen LogP contribution in [0.15, 0.2) is 42.5 Å². The van der Waals surface area contributed by atoms with E-state index in [1.165, 1.54) is 5.56 Å². The van der Waals surface area contributed by atoms with Crippen LogP contribution in [0.4, 0.5) is 19.4 Å². The van der Waals surface area contributed by atoms with Crippen molar-refractivity contribution < 1.29 is 28.2 Å². The smallest absolute Gasteiger partial charge is 0.408 e. The molecule has 0 spiro atoms. The number of fused-ring (bicyclic) bond motifs is 1. The molecule has 2 heterocycles. The van der Waals surface area contributed by atoms with E-state index in [0.717, 1.165) is 49.3 Å². The topological polar surface area (TPSA) is 104 Å². The summed E-state index contributed by atoms with van der Waals surface area (Å²) >= 11 is 0. The first-order chi connectivity index (χ1) is 17.4. The molecule has 3 N–H and O–H groups in total. The maximum atomic E-state index is 13.1. The molecule has 0 aliphatic carbocycles. The van der Waals surface area contributed by atoms with E-state index >= 15 is 0 Å². The lowest BCUT2D eigenvalue weighted by Crippen LogP contribution is -2.44. The highest BCUT2D eigenvalue weighted by Crippen LogP contribution is 2.20. The summed E-state index contributed by atoms with van der Waals surface area (Å²) in [5.41, 5.74) is 2.95. The number of carbonyl (C=O) groups is 2. The van der Waals surface area contributed by atoms with Gasteiger partial charge in [0, 0.05) is 18.8 Å². The van der Waals surface area contributed by atoms with Gasteiger partial charge in [-0.25, -0.2) is 23.4 Å². The lowest BCUT2D eigenvalue weighted by atomic mass is 10.1. The van der Waals surface area contributed by atoms with Crippen molar-refractivity contribution in [3.8, 4) is 0 Å². The first-order valence-electron chi connectivity index (χ1n) is 12.3. The van der Waals surface area contributed by atoms with Crippen molar-refractivity contribution in [1.29, 1.82) is 0 Å². The van der Waals surface area contributed by atoms with Crippen molar-refractivity contribution in [1.82, 2.24) is 15.2 Å². The van der Waals surface area contributed by atoms with E-state index in [-0.39, 0.29) is 19.6 Å². The number of aromatic nitrogens is 1. The number of nitrogens with one attached hydrogen (secondary N) is 2. The van der Waals surface area contributed by atoms with Gasteiger partial charge in [0.05, 0.1) is 6.54 Å². The van der Waals surface area contributed by atoms with Crippen LogP contribution in [0.3, 0.4) is 0 Å². The lowest BCUT2D eigenvalue weighted by Gasteiger charge is -2.24. The Hall–Kier alpha value is -3.27. The summed E-state index contributed by atoms with van der Waals surface area (Å²) < 4.78 is 31.3. The van der Waals surface area contributed by atoms with Crippen LogP contribution in [-0.2, 0) is 29.0 Å². The van der Waals surface area contributed by atoms with Crippen LogP contribution >= 0.6 is 0 Å². The average molecular weight is 505 g/mol. The zero-order valence-electron chi connectivity index (χ0n) is 20.3. The highest BCUT2D eigenvalue weighted by Gasteiger charge is 2.23. The number of anilines is 1. The van der Waals surface area contributed by atoms with Gasteiger partial charge in [-0.2, -0.15) is 0 Å². The number of ether oxygens (including phenoxy) is 1. The number of pyridine rings is 1. The quantitative estimate of drug-likeness (QED) is 0.333. The molecule has 1 amide bonds. The maximum absolute atomic E-state index is 13.1. The Bertz CT molecular complexity index is 978. The summed E-state index contributed by atoms with van der Waals surface area (Å²) in [6.45, 7) is 0.986. The van der Waals surface area contributed by atoms with Gasteiger partial charge in [0.2, 0.25) is 0 Å². The SMILES string of the molecule is O=C(NC(CCN(CCCCc1ccc2c(n1)NCCC2)CC(F)F)C(=O)O)OCc1ccccc1. The van der Waals surface area contributed by atoms with Crippen molar-refractivity contribution in [3.05, 3.63) is 59.3 Å². The first kappa shape index (κ1) is 27.3. The largest absolute Gasteiger partial charge is 0.480 e. The molecule has 1 unspecified atom stereocenters. The van der Waals surface area contributed by atoms with Crippen LogP contribution in [0, 0.1) is 0 Å². The number of carbonyl (C=O) groups excluding carboxylic acids is 1. The molecule has 3 rings (SSSR count). The Kier molecular flexibility index (Phi) is 10.9. The van der Waals surface area contributed by atoms with Crippen LogP contribution < -0.4 is 10.6 Å². The number of aryl methyl sites for hydroxylation is 2. The molecule has 0 radical (unpaired) electrons. The number of unbranched alkanes of at least 4 members (excludes halogenated alkanes) is 1. The van der Waals surface area contributed by atoms with E-state index in [2.05, 4.69) is 21.7 Å². The van der Waals surface area contributed by atoms with Crippen molar-refractivity contribution in [2.75, 3.05) is 31.5 Å². The lowest BCUT2D eigenvalue weighted by molar-refractivity contribution is -0.139. The number of rotatable bonds is 14. The zero-order valence-corrected chi connectivity index (χ0v) is 20.3. The molecule has 1 aliphatic heterocycles. The van der Waals surface area contributed by atoms with Crippen LogP contribution in [0.5, 0.6) is 0 Å². The van der Waals surface area contributed by atoms with Gasteiger partial charge in [0.15, 0.2) is 0 Å². The molecule has 1 aromatic heterocycles. The predicted molar refractivity (Wildman–Crippen MR) is 132 cm³/mol. The van der Waals surface area contributed by atoms with Gasteiger partial charge in [-0.1, -0.05) is 36.4 Å². The molecular formula is C26H34F2N4O4. The number of hydrogen-bond donors (Lipinski definition) is 3. The van der Waals surface area contributed by atoms with Crippen LogP contribution in [0.1, 0.15) is 42.5 Å². The molecule has 0 fully saturated rings. The Labute approximate surface area is 210 Å². The third-order valence-electron chi connectivity index (χ3n) is 6.04. The van der Waals surface area contributed by atoms with E-state index in [9.17, 15) is 23.5 Å². The van der Waals surface area contributed by atoms with E-state index in [1.807, 2.05) is 12.1 Å². The number of hydrogen-bond acceptors (Lipinski definition) is 6. The highest BCUT2D eigenvalue weighted by molar-refractivity contribution is 5.79. The van der Waals surface area contributed by atoms with Crippen LogP contribution in [0.25, 0.3) is 0 Å². The van der Waals surface area contributed by atoms with Crippen LogP contribution in [0.2, 0.25) is 0 Å². The third-order valence-corrected chi connectivity index (χ3v) is 6.04. The molecule has 1 atom stereocenters. The summed E-state index contributed by atoms with van der Waals surface area (Å²) in [6.07, 6.45) is 0.895. The summed E-state index contributed by atoms with van der Waals surface area (Å²) in [5, 5.41) is 15.1. The molecule has 196 valence electrons. The van der Waals surface area contributed by atoms with Crippen molar-refractivity contribution >= 4 is 17.9 Å². The summed E-state index contributed by atoms with van der Waals surface area (Å²) in [7, 11) is 0. The summed E-state index contributed by atoms with van der Waals surface area (Å²) in [5.74, 6) is -0.302. The second-order valence-corrected chi connectivity index (χ2v) is 8.88. The number of alkyl carbamates (subject to hydrolysis) is 1. The molecule has 0 saturated carbocycles. The summed E-state index contributed by atoms with van der Waals surface area (Å²) in [4.78, 5) is 29.9. The highest BCUT2D eigenvalue weighted by atomic mass is 19.3. The Morgan fingerprint density at radius 2 is 1.94 bits per heavy atom. The van der Waals surface area contributed by atoms with Crippen molar-refractivity contribution in [3.63, 3.8) is 0 Å². The van der Waals surface area contributed by atoms with E-state index in [0.29, 0.717) is 13.0 Å². The van der Waals surface area contributed by atoms with Gasteiger partial charge in [0.1, 0.15) is 18.5 Å². The average Bonchev–Trinajstić information content (AvgIpc) is 2.87. The molecule has 36 heavy (non-hydrogen) atoms. The van der Waals surface area contributed by atoms with Gasteiger partial charge < -0.3 is 20.5 Å². The van der Waals surface area contributed by atoms with Crippen molar-refractivity contribution in [2.24, 2.45) is 0 Å². The Morgan fingerprint density at radius 3 is 2.69 bits per heavy atom. The fourth-order valence-corrected chi connectivity index (χ4v) is 4.12. The van der Waals surface area contributed by atoms with Crippen molar-refractivity contribution in [2.45, 2.75) is 57.6 Å². The predicted octanol–water partition coefficient (Wildman–Crippen LogP) is 4.10. The molecule has 10 heteroatoms. The normalized spacial score (nSPS) is 13.7. The van der Waals surface area contributed by atoms with Crippen LogP contribution in [-0.4, -0.2) is 65.7 Å². The molecule has 8 nitrogen and oxygen atoms in total. The zero-order chi connectivity index (χ0) is 25.8. The number of halogens is 2. The first-order valence-corrected chi connectivity index (χ1v) is 12.3. The standard InChI is InChI=1S/C26H34F2N4O4/c27-23(28)17-32(15-5-4-10-21-12-11-20-9-6-14-29-24(20)30-21)16-13-22(25(33)34)31-26(35)36-18-19-7-2-1-3-8-19/h1-3,7-8,11-12,22-23H,4-6,9-10,13-18H2,(H,29,30)(H,31,35)(H,33,34). The maximum Gasteiger partial charge on any atom is 0.408 e. The molecule has 2 aromatic rings. The number of carboxylic acid groups (broad SMARTS) is 1. The minimum atomic E-state index is -2.54. The number of amides is 1. The monoisotopic (exact) mass is 504 g/mol. The molecule has 1 aliphatic rings. The number of aliphatic carboxylic acids is 1. The fraction of sp³-hybridized carbons (Fsp3) is 0.500. The van der Waals surface area contributed by atoms with E-state index < -0.39 is 31.1 Å². The van der Waals surface area contributed by atoms with Gasteiger partial charge >= 0.3 is 12.1 Å². The number of nitrogens with zero attached hydrogens (tertiary/aromatic N) is 2. The minimum Gasteiger partial charge on any atom is -0.480 e. The number of alkyl halides is 2. The molecule has 1 aromatic carbocycles. The van der Waals surface area contributed by atoms with E-state index in [1.54, 1.807) is 29.2 Å². The second kappa shape index (κ2) is 14.3. The fourth-order valence-electron chi connectivity index (χ4n) is 4.12. The minimum absolute atomic E-state index is 0.00561.